The van der Waals surface area contributed by atoms with Crippen LogP contribution in [0.5, 0.6) is 0 Å². The number of hydrogen-bond donors (Lipinski definition) is 1. The summed E-state index contributed by atoms with van der Waals surface area (Å²) in [4.78, 5) is 36.3. The summed E-state index contributed by atoms with van der Waals surface area (Å²) < 4.78 is 6.72. The number of nitrogens with zero attached hydrogens (tertiary/aromatic N) is 2. The fourth-order valence-electron chi connectivity index (χ4n) is 2.18. The molecule has 0 saturated carbocycles. The van der Waals surface area contributed by atoms with E-state index >= 15 is 0 Å². The summed E-state index contributed by atoms with van der Waals surface area (Å²) in [5.74, 6) is -1.07. The number of esters is 1. The first kappa shape index (κ1) is 19.4. The van der Waals surface area contributed by atoms with Crippen LogP contribution in [0, 0.1) is 5.92 Å². The lowest BCUT2D eigenvalue weighted by atomic mass is 10.1. The van der Waals surface area contributed by atoms with Crippen molar-refractivity contribution >= 4 is 23.3 Å². The van der Waals surface area contributed by atoms with Gasteiger partial charge in [-0.2, -0.15) is 5.10 Å². The van der Waals surface area contributed by atoms with Crippen LogP contribution >= 0.6 is 0 Å². The zero-order valence-corrected chi connectivity index (χ0v) is 15.3. The molecule has 0 bridgehead atoms. The van der Waals surface area contributed by atoms with Crippen LogP contribution in [0.2, 0.25) is 0 Å². The predicted octanol–water partition coefficient (Wildman–Crippen LogP) is 2.85. The number of rotatable bonds is 7. The number of anilines is 1. The van der Waals surface area contributed by atoms with E-state index in [1.807, 2.05) is 0 Å². The molecule has 7 heteroatoms. The molecule has 26 heavy (non-hydrogen) atoms. The molecule has 1 aromatic heterocycles. The van der Waals surface area contributed by atoms with E-state index in [-0.39, 0.29) is 17.6 Å². The number of hydrogen-bond acceptors (Lipinski definition) is 5. The molecule has 0 aliphatic rings. The van der Waals surface area contributed by atoms with Gasteiger partial charge >= 0.3 is 5.97 Å². The van der Waals surface area contributed by atoms with Gasteiger partial charge in [-0.3, -0.25) is 14.3 Å². The Hall–Kier alpha value is -2.96. The number of ketones is 1. The van der Waals surface area contributed by atoms with E-state index in [9.17, 15) is 14.4 Å². The third-order valence-electron chi connectivity index (χ3n) is 3.89. The van der Waals surface area contributed by atoms with Crippen molar-refractivity contribution in [1.82, 2.24) is 9.78 Å². The Labute approximate surface area is 152 Å². The van der Waals surface area contributed by atoms with E-state index in [0.717, 1.165) is 0 Å². The number of Topliss-reactive ketones (excluding diaryl/α,β-unsaturated/α-hetero) is 1. The van der Waals surface area contributed by atoms with Crippen molar-refractivity contribution in [2.75, 3.05) is 5.32 Å². The Morgan fingerprint density at radius 3 is 2.27 bits per heavy atom. The van der Waals surface area contributed by atoms with Crippen molar-refractivity contribution < 1.29 is 19.1 Å². The van der Waals surface area contributed by atoms with Crippen LogP contribution in [0.3, 0.4) is 0 Å². The molecular weight excluding hydrogens is 334 g/mol. The number of aromatic nitrogens is 2. The van der Waals surface area contributed by atoms with Gasteiger partial charge in [0.2, 0.25) is 11.7 Å². The second kappa shape index (κ2) is 8.42. The van der Waals surface area contributed by atoms with Gasteiger partial charge in [-0.05, 0) is 44.2 Å². The quantitative estimate of drug-likeness (QED) is 0.608. The molecule has 2 rings (SSSR count). The van der Waals surface area contributed by atoms with Crippen LogP contribution in [0.4, 0.5) is 5.69 Å². The maximum Gasteiger partial charge on any atom is 0.331 e. The minimum Gasteiger partial charge on any atom is -0.453 e. The van der Waals surface area contributed by atoms with E-state index in [1.165, 1.54) is 11.6 Å². The molecular formula is C19H23N3O4. The number of carbonyl (C=O) groups is 3. The van der Waals surface area contributed by atoms with Crippen LogP contribution in [-0.4, -0.2) is 33.5 Å². The molecule has 0 fully saturated rings. The first-order valence-electron chi connectivity index (χ1n) is 8.44. The van der Waals surface area contributed by atoms with Crippen molar-refractivity contribution in [2.24, 2.45) is 5.92 Å². The lowest BCUT2D eigenvalue weighted by Gasteiger charge is -2.16. The van der Waals surface area contributed by atoms with Gasteiger partial charge in [0.1, 0.15) is 6.04 Å². The van der Waals surface area contributed by atoms with Gasteiger partial charge in [0.25, 0.3) is 0 Å². The van der Waals surface area contributed by atoms with Crippen molar-refractivity contribution in [3.05, 3.63) is 48.3 Å². The number of benzene rings is 1. The fraction of sp³-hybridized carbons (Fsp3) is 0.368. The summed E-state index contributed by atoms with van der Waals surface area (Å²) in [5, 5.41) is 6.74. The van der Waals surface area contributed by atoms with E-state index in [0.29, 0.717) is 11.3 Å². The number of amides is 1. The Bertz CT molecular complexity index is 767. The molecule has 7 nitrogen and oxygen atoms in total. The van der Waals surface area contributed by atoms with Gasteiger partial charge in [-0.25, -0.2) is 4.79 Å². The fourth-order valence-corrected chi connectivity index (χ4v) is 2.18. The molecule has 1 amide bonds. The molecule has 1 N–H and O–H groups in total. The first-order valence-corrected chi connectivity index (χ1v) is 8.44. The standard InChI is InChI=1S/C19H23N3O4/c1-12(2)18(24)21-16-8-6-15(7-9-16)17(23)14(4)26-19(25)13(3)22-11-5-10-20-22/h5-14H,1-4H3,(H,21,24)/t13-,14-/m1/s1. The highest BCUT2D eigenvalue weighted by Crippen LogP contribution is 2.15. The van der Waals surface area contributed by atoms with Gasteiger partial charge in [-0.15, -0.1) is 0 Å². The van der Waals surface area contributed by atoms with Crippen molar-refractivity contribution in [3.63, 3.8) is 0 Å². The lowest BCUT2D eigenvalue weighted by molar-refractivity contribution is -0.150. The maximum atomic E-state index is 12.4. The zero-order chi connectivity index (χ0) is 19.3. The average molecular weight is 357 g/mol. The Kier molecular flexibility index (Phi) is 6.27. The second-order valence-electron chi connectivity index (χ2n) is 6.33. The molecule has 0 saturated heterocycles. The molecule has 0 unspecified atom stereocenters. The molecule has 2 aromatic rings. The van der Waals surface area contributed by atoms with Crippen molar-refractivity contribution in [2.45, 2.75) is 39.8 Å². The smallest absolute Gasteiger partial charge is 0.331 e. The highest BCUT2D eigenvalue weighted by atomic mass is 16.5. The number of carbonyl (C=O) groups excluding carboxylic acids is 3. The monoisotopic (exact) mass is 357 g/mol. The number of nitrogens with one attached hydrogen (secondary N) is 1. The Morgan fingerprint density at radius 1 is 1.08 bits per heavy atom. The molecule has 1 heterocycles. The molecule has 138 valence electrons. The van der Waals surface area contributed by atoms with Crippen LogP contribution < -0.4 is 5.32 Å². The minimum atomic E-state index is -0.920. The van der Waals surface area contributed by atoms with E-state index in [4.69, 9.17) is 4.74 Å². The first-order chi connectivity index (χ1) is 12.3. The molecule has 2 atom stereocenters. The summed E-state index contributed by atoms with van der Waals surface area (Å²) in [5.41, 5.74) is 1.01. The van der Waals surface area contributed by atoms with Crippen molar-refractivity contribution in [1.29, 1.82) is 0 Å². The van der Waals surface area contributed by atoms with Crippen LogP contribution in [0.1, 0.15) is 44.1 Å². The summed E-state index contributed by atoms with van der Waals surface area (Å²) in [6.07, 6.45) is 2.30. The van der Waals surface area contributed by atoms with Crippen LogP contribution in [0.25, 0.3) is 0 Å². The zero-order valence-electron chi connectivity index (χ0n) is 15.3. The summed E-state index contributed by atoms with van der Waals surface area (Å²) in [6, 6.07) is 7.58. The molecule has 0 radical (unpaired) electrons. The largest absolute Gasteiger partial charge is 0.453 e. The molecule has 0 aliphatic carbocycles. The molecule has 1 aromatic carbocycles. The van der Waals surface area contributed by atoms with Gasteiger partial charge in [-0.1, -0.05) is 13.8 Å². The molecule has 0 aliphatic heterocycles. The third-order valence-corrected chi connectivity index (χ3v) is 3.89. The average Bonchev–Trinajstić information content (AvgIpc) is 3.15. The highest BCUT2D eigenvalue weighted by Gasteiger charge is 2.24. The van der Waals surface area contributed by atoms with E-state index < -0.39 is 18.1 Å². The van der Waals surface area contributed by atoms with Crippen LogP contribution in [-0.2, 0) is 14.3 Å². The van der Waals surface area contributed by atoms with E-state index in [1.54, 1.807) is 63.5 Å². The van der Waals surface area contributed by atoms with Crippen molar-refractivity contribution in [3.8, 4) is 0 Å². The highest BCUT2D eigenvalue weighted by molar-refractivity contribution is 6.01. The van der Waals surface area contributed by atoms with Crippen LogP contribution in [0.15, 0.2) is 42.7 Å². The van der Waals surface area contributed by atoms with E-state index in [2.05, 4.69) is 10.4 Å². The normalized spacial score (nSPS) is 13.1. The minimum absolute atomic E-state index is 0.0982. The summed E-state index contributed by atoms with van der Waals surface area (Å²) in [6.45, 7) is 6.78. The maximum absolute atomic E-state index is 12.4. The topological polar surface area (TPSA) is 90.3 Å². The van der Waals surface area contributed by atoms with Gasteiger partial charge in [0.15, 0.2) is 6.10 Å². The predicted molar refractivity (Wildman–Crippen MR) is 96.7 cm³/mol. The number of ether oxygens (including phenoxy) is 1. The summed E-state index contributed by atoms with van der Waals surface area (Å²) in [7, 11) is 0. The second-order valence-corrected chi connectivity index (χ2v) is 6.33. The van der Waals surface area contributed by atoms with Gasteiger partial charge in [0.05, 0.1) is 0 Å². The molecule has 0 spiro atoms. The SMILES string of the molecule is CC(C)C(=O)Nc1ccc(C(=O)[C@@H](C)OC(=O)[C@@H](C)n2cccn2)cc1. The Balaban J connectivity index is 1.97. The van der Waals surface area contributed by atoms with Gasteiger partial charge in [0, 0.05) is 29.6 Å². The third kappa shape index (κ3) is 4.78. The lowest BCUT2D eigenvalue weighted by Crippen LogP contribution is -2.28. The summed E-state index contributed by atoms with van der Waals surface area (Å²) >= 11 is 0. The Morgan fingerprint density at radius 2 is 1.73 bits per heavy atom. The van der Waals surface area contributed by atoms with Gasteiger partial charge < -0.3 is 10.1 Å².